The van der Waals surface area contributed by atoms with Crippen molar-refractivity contribution in [3.05, 3.63) is 22.7 Å². The predicted octanol–water partition coefficient (Wildman–Crippen LogP) is -1.05. The van der Waals surface area contributed by atoms with E-state index in [4.69, 9.17) is 15.6 Å². The Bertz CT molecular complexity index is 664. The third kappa shape index (κ3) is 1.89. The van der Waals surface area contributed by atoms with E-state index in [0.717, 1.165) is 0 Å². The van der Waals surface area contributed by atoms with Gasteiger partial charge in [-0.15, -0.1) is 0 Å². The van der Waals surface area contributed by atoms with Gasteiger partial charge in [0.1, 0.15) is 18.1 Å². The first-order chi connectivity index (χ1) is 9.10. The van der Waals surface area contributed by atoms with Crippen molar-refractivity contribution in [1.82, 2.24) is 14.5 Å². The van der Waals surface area contributed by atoms with Gasteiger partial charge in [-0.05, 0) is 0 Å². The van der Waals surface area contributed by atoms with Crippen LogP contribution in [0.4, 0.5) is 5.82 Å². The van der Waals surface area contributed by atoms with Gasteiger partial charge < -0.3 is 30.2 Å². The Morgan fingerprint density at radius 2 is 2.42 bits per heavy atom. The molecule has 0 saturated carbocycles. The number of aliphatic hydroxyl groups is 2. The number of nitrogens with two attached hydrogens (primary N) is 1. The number of aromatic amines is 1. The molecule has 2 aromatic heterocycles. The van der Waals surface area contributed by atoms with E-state index in [2.05, 4.69) is 9.97 Å². The van der Waals surface area contributed by atoms with Crippen LogP contribution in [0.5, 0.6) is 0 Å². The first-order valence-corrected chi connectivity index (χ1v) is 5.90. The number of hydrogen-bond donors (Lipinski definition) is 4. The van der Waals surface area contributed by atoms with Crippen LogP contribution in [0.25, 0.3) is 11.0 Å². The molecule has 2 aromatic rings. The largest absolute Gasteiger partial charge is 0.394 e. The number of pyridine rings is 1. The molecule has 0 aromatic carbocycles. The van der Waals surface area contributed by atoms with Crippen LogP contribution in [0, 0.1) is 0 Å². The first-order valence-electron chi connectivity index (χ1n) is 5.90. The number of fused-ring (bicyclic) bond motifs is 1. The van der Waals surface area contributed by atoms with Crippen molar-refractivity contribution >= 4 is 16.9 Å². The predicted molar refractivity (Wildman–Crippen MR) is 66.4 cm³/mol. The van der Waals surface area contributed by atoms with Gasteiger partial charge in [0.25, 0.3) is 5.56 Å². The van der Waals surface area contributed by atoms with E-state index in [0.29, 0.717) is 11.9 Å². The average Bonchev–Trinajstić information content (AvgIpc) is 2.92. The van der Waals surface area contributed by atoms with Gasteiger partial charge in [0.05, 0.1) is 24.6 Å². The van der Waals surface area contributed by atoms with Gasteiger partial charge >= 0.3 is 0 Å². The van der Waals surface area contributed by atoms with Gasteiger partial charge in [0.15, 0.2) is 5.52 Å². The molecule has 19 heavy (non-hydrogen) atoms. The first kappa shape index (κ1) is 12.2. The number of H-pyrrole nitrogens is 1. The van der Waals surface area contributed by atoms with Gasteiger partial charge in [-0.2, -0.15) is 0 Å². The summed E-state index contributed by atoms with van der Waals surface area (Å²) in [6, 6.07) is 1.59. The van der Waals surface area contributed by atoms with E-state index in [1.807, 2.05) is 0 Å². The van der Waals surface area contributed by atoms with Gasteiger partial charge in [-0.25, -0.2) is 4.98 Å². The molecule has 0 bridgehead atoms. The summed E-state index contributed by atoms with van der Waals surface area (Å²) >= 11 is 0. The van der Waals surface area contributed by atoms with Crippen LogP contribution in [-0.2, 0) is 4.74 Å². The molecule has 3 atom stereocenters. The van der Waals surface area contributed by atoms with Crippen LogP contribution in [0.2, 0.25) is 0 Å². The van der Waals surface area contributed by atoms with Crippen molar-refractivity contribution in [2.45, 2.75) is 24.9 Å². The Balaban J connectivity index is 2.05. The zero-order valence-electron chi connectivity index (χ0n) is 9.98. The zero-order chi connectivity index (χ0) is 13.6. The minimum absolute atomic E-state index is 0.233. The van der Waals surface area contributed by atoms with Crippen LogP contribution >= 0.6 is 0 Å². The lowest BCUT2D eigenvalue weighted by atomic mass is 10.2. The number of hydrogen-bond acceptors (Lipinski definition) is 6. The molecule has 5 N–H and O–H groups in total. The van der Waals surface area contributed by atoms with E-state index in [1.54, 1.807) is 10.6 Å². The number of nitrogens with one attached hydrogen (secondary N) is 1. The van der Waals surface area contributed by atoms with Gasteiger partial charge in [0.2, 0.25) is 0 Å². The van der Waals surface area contributed by atoms with Crippen LogP contribution in [-0.4, -0.2) is 43.6 Å². The fourth-order valence-electron chi connectivity index (χ4n) is 2.34. The smallest absolute Gasteiger partial charge is 0.277 e. The topological polar surface area (TPSA) is 126 Å². The van der Waals surface area contributed by atoms with Crippen LogP contribution < -0.4 is 11.3 Å². The van der Waals surface area contributed by atoms with Crippen LogP contribution in [0.15, 0.2) is 17.2 Å². The molecule has 0 radical (unpaired) electrons. The Labute approximate surface area is 107 Å². The molecule has 3 rings (SSSR count). The summed E-state index contributed by atoms with van der Waals surface area (Å²) in [5.74, 6) is 0.233. The zero-order valence-corrected chi connectivity index (χ0v) is 9.98. The lowest BCUT2D eigenvalue weighted by Crippen LogP contribution is -2.24. The Morgan fingerprint density at radius 3 is 3.11 bits per heavy atom. The van der Waals surface area contributed by atoms with Gasteiger partial charge in [-0.3, -0.25) is 4.79 Å². The maximum absolute atomic E-state index is 11.7. The molecule has 1 aliphatic rings. The van der Waals surface area contributed by atoms with Crippen molar-refractivity contribution in [3.63, 3.8) is 0 Å². The summed E-state index contributed by atoms with van der Waals surface area (Å²) in [5, 5.41) is 18.8. The number of aliphatic hydroxyl groups excluding tert-OH is 2. The summed E-state index contributed by atoms with van der Waals surface area (Å²) in [6.07, 6.45) is -0.0493. The lowest BCUT2D eigenvalue weighted by Gasteiger charge is -2.14. The lowest BCUT2D eigenvalue weighted by molar-refractivity contribution is -0.0430. The molecule has 0 spiro atoms. The minimum atomic E-state index is -0.744. The molecular formula is C11H14N4O4. The van der Waals surface area contributed by atoms with E-state index >= 15 is 0 Å². The van der Waals surface area contributed by atoms with Crippen molar-refractivity contribution < 1.29 is 14.9 Å². The monoisotopic (exact) mass is 266 g/mol. The SMILES string of the molecule is Nc1cc2c(ncn2[C@H]2C[C@H](O)[C@@H](CO)O2)c(=O)[nH]1. The standard InChI is InChI=1S/C11H14N4O4/c12-8-1-5-10(11(18)14-8)13-4-15(5)9-2-6(17)7(3-16)19-9/h1,4,6-7,9,16-17H,2-3H2,(H3,12,14,18)/t6-,7+,9+/m0/s1. The van der Waals surface area contributed by atoms with Crippen molar-refractivity contribution in [1.29, 1.82) is 0 Å². The highest BCUT2D eigenvalue weighted by molar-refractivity contribution is 5.76. The van der Waals surface area contributed by atoms with Crippen LogP contribution in [0.3, 0.4) is 0 Å². The fourth-order valence-corrected chi connectivity index (χ4v) is 2.34. The van der Waals surface area contributed by atoms with Gasteiger partial charge in [-0.1, -0.05) is 0 Å². The van der Waals surface area contributed by atoms with E-state index in [1.165, 1.54) is 6.33 Å². The van der Waals surface area contributed by atoms with Crippen molar-refractivity contribution in [2.75, 3.05) is 12.3 Å². The van der Waals surface area contributed by atoms with Gasteiger partial charge in [0, 0.05) is 12.5 Å². The Morgan fingerprint density at radius 1 is 1.63 bits per heavy atom. The number of ether oxygens (including phenoxy) is 1. The second kappa shape index (κ2) is 4.34. The highest BCUT2D eigenvalue weighted by Gasteiger charge is 2.35. The molecule has 1 aliphatic heterocycles. The third-order valence-electron chi connectivity index (χ3n) is 3.29. The van der Waals surface area contributed by atoms with Crippen LogP contribution in [0.1, 0.15) is 12.6 Å². The summed E-state index contributed by atoms with van der Waals surface area (Å²) in [4.78, 5) is 18.2. The molecule has 0 amide bonds. The molecule has 0 aliphatic carbocycles. The number of anilines is 1. The molecule has 3 heterocycles. The molecule has 0 unspecified atom stereocenters. The quantitative estimate of drug-likeness (QED) is 0.549. The number of aromatic nitrogens is 3. The molecular weight excluding hydrogens is 252 g/mol. The normalized spacial score (nSPS) is 27.2. The van der Waals surface area contributed by atoms with Crippen molar-refractivity contribution in [2.24, 2.45) is 0 Å². The second-order valence-electron chi connectivity index (χ2n) is 4.55. The molecule has 1 fully saturated rings. The van der Waals surface area contributed by atoms with Crippen molar-refractivity contribution in [3.8, 4) is 0 Å². The van der Waals surface area contributed by atoms with E-state index in [-0.39, 0.29) is 23.5 Å². The molecule has 8 heteroatoms. The second-order valence-corrected chi connectivity index (χ2v) is 4.55. The Kier molecular flexibility index (Phi) is 2.77. The fraction of sp³-hybridized carbons (Fsp3) is 0.455. The summed E-state index contributed by atoms with van der Waals surface area (Å²) < 4.78 is 7.16. The maximum Gasteiger partial charge on any atom is 0.277 e. The maximum atomic E-state index is 11.7. The number of nitrogen functional groups attached to an aromatic ring is 1. The molecule has 102 valence electrons. The highest BCUT2D eigenvalue weighted by atomic mass is 16.5. The number of nitrogens with zero attached hydrogens (tertiary/aromatic N) is 2. The number of rotatable bonds is 2. The highest BCUT2D eigenvalue weighted by Crippen LogP contribution is 2.30. The number of imidazole rings is 1. The summed E-state index contributed by atoms with van der Waals surface area (Å²) in [7, 11) is 0. The molecule has 8 nitrogen and oxygen atoms in total. The minimum Gasteiger partial charge on any atom is -0.394 e. The van der Waals surface area contributed by atoms with E-state index in [9.17, 15) is 9.90 Å². The summed E-state index contributed by atoms with van der Waals surface area (Å²) in [6.45, 7) is -0.257. The van der Waals surface area contributed by atoms with E-state index < -0.39 is 18.4 Å². The Hall–Kier alpha value is -1.90. The molecule has 1 saturated heterocycles. The summed E-state index contributed by atoms with van der Waals surface area (Å²) in [5.41, 5.74) is 6.04. The third-order valence-corrected chi connectivity index (χ3v) is 3.29. The average molecular weight is 266 g/mol.